The van der Waals surface area contributed by atoms with Crippen LogP contribution in [0, 0.1) is 20.8 Å². The van der Waals surface area contributed by atoms with Gasteiger partial charge < -0.3 is 5.32 Å². The van der Waals surface area contributed by atoms with Crippen LogP contribution in [0.2, 0.25) is 0 Å². The van der Waals surface area contributed by atoms with Gasteiger partial charge in [0, 0.05) is 28.2 Å². The summed E-state index contributed by atoms with van der Waals surface area (Å²) in [6.07, 6.45) is 0. The van der Waals surface area contributed by atoms with E-state index in [2.05, 4.69) is 35.6 Å². The summed E-state index contributed by atoms with van der Waals surface area (Å²) in [5, 5.41) is 6.69. The normalized spacial score (nSPS) is 10.9. The van der Waals surface area contributed by atoms with Crippen LogP contribution in [0.15, 0.2) is 11.4 Å². The summed E-state index contributed by atoms with van der Waals surface area (Å²) >= 11 is 3.57. The largest absolute Gasteiger partial charge is 0.307 e. The van der Waals surface area contributed by atoms with Crippen molar-refractivity contribution < 1.29 is 0 Å². The van der Waals surface area contributed by atoms with Crippen LogP contribution in [-0.4, -0.2) is 4.98 Å². The number of nitrogens with one attached hydrogen (secondary N) is 1. The van der Waals surface area contributed by atoms with Gasteiger partial charge in [0.15, 0.2) is 0 Å². The lowest BCUT2D eigenvalue weighted by Gasteiger charge is -2.01. The van der Waals surface area contributed by atoms with Gasteiger partial charge in [0.25, 0.3) is 0 Å². The zero-order chi connectivity index (χ0) is 11.5. The highest BCUT2D eigenvalue weighted by Gasteiger charge is 2.03. The quantitative estimate of drug-likeness (QED) is 0.902. The second-order valence-electron chi connectivity index (χ2n) is 3.90. The molecule has 86 valence electrons. The van der Waals surface area contributed by atoms with Crippen molar-refractivity contribution >= 4 is 22.7 Å². The summed E-state index contributed by atoms with van der Waals surface area (Å²) in [5.41, 5.74) is 2.56. The minimum Gasteiger partial charge on any atom is -0.307 e. The molecule has 0 saturated carbocycles. The fraction of sp³-hybridized carbons (Fsp3) is 0.417. The molecule has 0 aliphatic heterocycles. The van der Waals surface area contributed by atoms with Crippen molar-refractivity contribution in [2.45, 2.75) is 33.9 Å². The Morgan fingerprint density at radius 2 is 2.06 bits per heavy atom. The van der Waals surface area contributed by atoms with Crippen molar-refractivity contribution in [3.63, 3.8) is 0 Å². The van der Waals surface area contributed by atoms with Crippen molar-refractivity contribution in [3.8, 4) is 0 Å². The number of hydrogen-bond donors (Lipinski definition) is 1. The molecule has 0 bridgehead atoms. The maximum Gasteiger partial charge on any atom is 0.0897 e. The molecule has 0 fully saturated rings. The topological polar surface area (TPSA) is 24.9 Å². The standard InChI is InChI=1S/C12H16N2S2/c1-8-4-11(9(2)16-8)5-13-6-12-7-15-10(3)14-12/h4,7,13H,5-6H2,1-3H3. The Bertz CT molecular complexity index is 471. The number of rotatable bonds is 4. The SMILES string of the molecule is Cc1cc(CNCc2csc(C)n2)c(C)s1. The minimum atomic E-state index is 0.860. The predicted octanol–water partition coefficient (Wildman–Crippen LogP) is 3.42. The predicted molar refractivity (Wildman–Crippen MR) is 71.2 cm³/mol. The summed E-state index contributed by atoms with van der Waals surface area (Å²) in [4.78, 5) is 7.23. The van der Waals surface area contributed by atoms with E-state index < -0.39 is 0 Å². The molecule has 0 aliphatic carbocycles. The van der Waals surface area contributed by atoms with Crippen LogP contribution in [0.3, 0.4) is 0 Å². The monoisotopic (exact) mass is 252 g/mol. The summed E-state index contributed by atoms with van der Waals surface area (Å²) < 4.78 is 0. The second-order valence-corrected chi connectivity index (χ2v) is 6.42. The van der Waals surface area contributed by atoms with Crippen LogP contribution in [-0.2, 0) is 13.1 Å². The molecule has 0 aromatic carbocycles. The Labute approximate surface area is 104 Å². The van der Waals surface area contributed by atoms with Gasteiger partial charge in [0.05, 0.1) is 10.7 Å². The van der Waals surface area contributed by atoms with Gasteiger partial charge in [0.2, 0.25) is 0 Å². The average molecular weight is 252 g/mol. The van der Waals surface area contributed by atoms with E-state index in [1.807, 2.05) is 18.3 Å². The molecule has 0 spiro atoms. The highest BCUT2D eigenvalue weighted by atomic mass is 32.1. The molecule has 2 aromatic heterocycles. The first-order valence-electron chi connectivity index (χ1n) is 5.33. The Hall–Kier alpha value is -0.710. The van der Waals surface area contributed by atoms with Gasteiger partial charge >= 0.3 is 0 Å². The van der Waals surface area contributed by atoms with E-state index in [-0.39, 0.29) is 0 Å². The first-order valence-corrected chi connectivity index (χ1v) is 7.02. The van der Waals surface area contributed by atoms with Crippen molar-refractivity contribution in [2.24, 2.45) is 0 Å². The highest BCUT2D eigenvalue weighted by molar-refractivity contribution is 7.12. The van der Waals surface area contributed by atoms with E-state index in [1.54, 1.807) is 11.3 Å². The van der Waals surface area contributed by atoms with Crippen molar-refractivity contribution in [1.82, 2.24) is 10.3 Å². The summed E-state index contributed by atoms with van der Waals surface area (Å²) in [7, 11) is 0. The molecule has 2 aromatic rings. The van der Waals surface area contributed by atoms with Gasteiger partial charge in [-0.2, -0.15) is 0 Å². The molecular weight excluding hydrogens is 236 g/mol. The fourth-order valence-corrected chi connectivity index (χ4v) is 3.23. The second kappa shape index (κ2) is 5.08. The summed E-state index contributed by atoms with van der Waals surface area (Å²) in [6, 6.07) is 2.26. The van der Waals surface area contributed by atoms with Crippen LogP contribution >= 0.6 is 22.7 Å². The third kappa shape index (κ3) is 2.90. The number of hydrogen-bond acceptors (Lipinski definition) is 4. The van der Waals surface area contributed by atoms with Gasteiger partial charge in [-0.05, 0) is 32.4 Å². The molecule has 0 saturated heterocycles. The van der Waals surface area contributed by atoms with Crippen LogP contribution in [0.4, 0.5) is 0 Å². The number of thiophene rings is 1. The lowest BCUT2D eigenvalue weighted by atomic mass is 10.2. The zero-order valence-electron chi connectivity index (χ0n) is 9.83. The van der Waals surface area contributed by atoms with Gasteiger partial charge in [-0.3, -0.25) is 0 Å². The van der Waals surface area contributed by atoms with Crippen molar-refractivity contribution in [2.75, 3.05) is 0 Å². The Morgan fingerprint density at radius 1 is 1.25 bits per heavy atom. The Balaban J connectivity index is 1.86. The van der Waals surface area contributed by atoms with E-state index in [0.29, 0.717) is 0 Å². The molecule has 0 radical (unpaired) electrons. The smallest absolute Gasteiger partial charge is 0.0897 e. The van der Waals surface area contributed by atoms with E-state index >= 15 is 0 Å². The molecule has 2 heterocycles. The minimum absolute atomic E-state index is 0.860. The van der Waals surface area contributed by atoms with Gasteiger partial charge in [-0.15, -0.1) is 22.7 Å². The van der Waals surface area contributed by atoms with Crippen LogP contribution in [0.25, 0.3) is 0 Å². The fourth-order valence-electron chi connectivity index (χ4n) is 1.67. The Kier molecular flexibility index (Phi) is 3.74. The van der Waals surface area contributed by atoms with E-state index in [0.717, 1.165) is 23.8 Å². The lowest BCUT2D eigenvalue weighted by Crippen LogP contribution is -2.12. The molecular formula is C12H16N2S2. The first kappa shape index (κ1) is 11.8. The third-order valence-corrected chi connectivity index (χ3v) is 4.26. The summed E-state index contributed by atoms with van der Waals surface area (Å²) in [5.74, 6) is 0. The average Bonchev–Trinajstić information content (AvgIpc) is 2.74. The van der Waals surface area contributed by atoms with Crippen molar-refractivity contribution in [3.05, 3.63) is 37.5 Å². The molecule has 0 atom stereocenters. The van der Waals surface area contributed by atoms with E-state index in [1.165, 1.54) is 15.3 Å². The Morgan fingerprint density at radius 3 is 2.62 bits per heavy atom. The molecule has 1 N–H and O–H groups in total. The number of aryl methyl sites for hydroxylation is 3. The maximum atomic E-state index is 4.43. The van der Waals surface area contributed by atoms with E-state index in [4.69, 9.17) is 0 Å². The molecule has 0 amide bonds. The van der Waals surface area contributed by atoms with Crippen LogP contribution < -0.4 is 5.32 Å². The van der Waals surface area contributed by atoms with Gasteiger partial charge in [-0.1, -0.05) is 0 Å². The van der Waals surface area contributed by atoms with Gasteiger partial charge in [-0.25, -0.2) is 4.98 Å². The molecule has 2 nitrogen and oxygen atoms in total. The number of nitrogens with zero attached hydrogens (tertiary/aromatic N) is 1. The molecule has 2 rings (SSSR count). The van der Waals surface area contributed by atoms with Gasteiger partial charge in [0.1, 0.15) is 0 Å². The summed E-state index contributed by atoms with van der Waals surface area (Å²) in [6.45, 7) is 8.18. The zero-order valence-corrected chi connectivity index (χ0v) is 11.5. The third-order valence-electron chi connectivity index (χ3n) is 2.43. The van der Waals surface area contributed by atoms with E-state index in [9.17, 15) is 0 Å². The van der Waals surface area contributed by atoms with Crippen LogP contribution in [0.1, 0.15) is 26.0 Å². The maximum absolute atomic E-state index is 4.43. The lowest BCUT2D eigenvalue weighted by molar-refractivity contribution is 0.681. The van der Waals surface area contributed by atoms with Crippen LogP contribution in [0.5, 0.6) is 0 Å². The molecule has 0 unspecified atom stereocenters. The van der Waals surface area contributed by atoms with Crippen molar-refractivity contribution in [1.29, 1.82) is 0 Å². The molecule has 0 aliphatic rings. The molecule has 16 heavy (non-hydrogen) atoms. The molecule has 4 heteroatoms. The number of aromatic nitrogens is 1. The number of thiazole rings is 1. The highest BCUT2D eigenvalue weighted by Crippen LogP contribution is 2.20. The first-order chi connectivity index (χ1) is 7.65.